The fraction of sp³-hybridized carbons (Fsp3) is 0.444. The quantitative estimate of drug-likeness (QED) is 0.654. The molecule has 1 heterocycles. The Balaban J connectivity index is 1.64. The van der Waals surface area contributed by atoms with Crippen LogP contribution in [0.2, 0.25) is 0 Å². The molecule has 26 heavy (non-hydrogen) atoms. The van der Waals surface area contributed by atoms with Crippen LogP contribution in [0.4, 0.5) is 0 Å². The number of aliphatic carboxylic acids is 1. The largest absolute Gasteiger partial charge is 0.481 e. The van der Waals surface area contributed by atoms with Crippen molar-refractivity contribution < 1.29 is 14.7 Å². The molecule has 1 fully saturated rings. The average molecular weight is 374 g/mol. The van der Waals surface area contributed by atoms with Gasteiger partial charge in [0, 0.05) is 12.0 Å². The maximum Gasteiger partial charge on any atom is 0.305 e. The number of hydrogen-bond acceptors (Lipinski definition) is 5. The summed E-state index contributed by atoms with van der Waals surface area (Å²) in [7, 11) is 0. The highest BCUT2D eigenvalue weighted by Gasteiger charge is 2.30. The third-order valence-electron chi connectivity index (χ3n) is 4.09. The van der Waals surface area contributed by atoms with Crippen molar-refractivity contribution in [2.75, 3.05) is 5.75 Å². The second-order valence-corrected chi connectivity index (χ2v) is 7.48. The zero-order chi connectivity index (χ0) is 18.5. The van der Waals surface area contributed by atoms with E-state index >= 15 is 0 Å². The Bertz CT molecular complexity index is 774. The SMILES string of the molecule is CC(CC(=O)O)NC(=O)CSc1nnc(C2CC2)n1Cc1ccccc1. The van der Waals surface area contributed by atoms with Crippen molar-refractivity contribution in [3.05, 3.63) is 41.7 Å². The Hall–Kier alpha value is -2.35. The molecule has 0 aliphatic heterocycles. The molecular weight excluding hydrogens is 352 g/mol. The van der Waals surface area contributed by atoms with E-state index in [1.165, 1.54) is 11.8 Å². The lowest BCUT2D eigenvalue weighted by Crippen LogP contribution is -2.35. The number of amides is 1. The van der Waals surface area contributed by atoms with E-state index in [1.807, 2.05) is 18.2 Å². The molecule has 0 spiro atoms. The number of nitrogens with one attached hydrogen (secondary N) is 1. The average Bonchev–Trinajstić information content (AvgIpc) is 3.35. The Morgan fingerprint density at radius 1 is 1.31 bits per heavy atom. The molecule has 2 aromatic rings. The molecule has 1 atom stereocenters. The minimum absolute atomic E-state index is 0.0908. The molecule has 1 aromatic heterocycles. The maximum atomic E-state index is 12.0. The molecule has 1 aliphatic carbocycles. The lowest BCUT2D eigenvalue weighted by atomic mass is 10.2. The van der Waals surface area contributed by atoms with Gasteiger partial charge in [-0.05, 0) is 25.3 Å². The molecule has 0 saturated heterocycles. The number of benzene rings is 1. The van der Waals surface area contributed by atoms with Gasteiger partial charge in [-0.1, -0.05) is 42.1 Å². The van der Waals surface area contributed by atoms with Crippen LogP contribution in [-0.2, 0) is 16.1 Å². The number of rotatable bonds is 9. The van der Waals surface area contributed by atoms with E-state index in [1.54, 1.807) is 6.92 Å². The smallest absolute Gasteiger partial charge is 0.305 e. The van der Waals surface area contributed by atoms with Gasteiger partial charge in [-0.3, -0.25) is 9.59 Å². The fourth-order valence-corrected chi connectivity index (χ4v) is 3.48. The van der Waals surface area contributed by atoms with Crippen LogP contribution in [0.3, 0.4) is 0 Å². The number of nitrogens with zero attached hydrogens (tertiary/aromatic N) is 3. The number of carbonyl (C=O) groups is 2. The van der Waals surface area contributed by atoms with E-state index in [4.69, 9.17) is 5.11 Å². The zero-order valence-corrected chi connectivity index (χ0v) is 15.4. The van der Waals surface area contributed by atoms with Gasteiger partial charge in [0.25, 0.3) is 0 Å². The molecular formula is C18H22N4O3S. The number of thioether (sulfide) groups is 1. The lowest BCUT2D eigenvalue weighted by molar-refractivity contribution is -0.137. The first kappa shape index (κ1) is 18.4. The van der Waals surface area contributed by atoms with Crippen LogP contribution < -0.4 is 5.32 Å². The third-order valence-corrected chi connectivity index (χ3v) is 5.06. The van der Waals surface area contributed by atoms with E-state index in [9.17, 15) is 9.59 Å². The van der Waals surface area contributed by atoms with Gasteiger partial charge >= 0.3 is 5.97 Å². The second kappa shape index (κ2) is 8.35. The fourth-order valence-electron chi connectivity index (χ4n) is 2.72. The van der Waals surface area contributed by atoms with Crippen molar-refractivity contribution in [1.29, 1.82) is 0 Å². The molecule has 1 saturated carbocycles. The molecule has 2 N–H and O–H groups in total. The Labute approximate surface area is 156 Å². The van der Waals surface area contributed by atoms with Crippen LogP contribution in [0, 0.1) is 0 Å². The first-order valence-corrected chi connectivity index (χ1v) is 9.62. The zero-order valence-electron chi connectivity index (χ0n) is 14.6. The minimum atomic E-state index is -0.929. The monoisotopic (exact) mass is 374 g/mol. The van der Waals surface area contributed by atoms with Gasteiger partial charge in [0.2, 0.25) is 5.91 Å². The molecule has 1 aromatic carbocycles. The van der Waals surface area contributed by atoms with Crippen LogP contribution in [0.15, 0.2) is 35.5 Å². The molecule has 1 unspecified atom stereocenters. The molecule has 7 nitrogen and oxygen atoms in total. The van der Waals surface area contributed by atoms with E-state index in [2.05, 4.69) is 32.2 Å². The molecule has 0 bridgehead atoms. The van der Waals surface area contributed by atoms with Crippen LogP contribution >= 0.6 is 11.8 Å². The summed E-state index contributed by atoms with van der Waals surface area (Å²) in [5.41, 5.74) is 1.16. The van der Waals surface area contributed by atoms with Crippen molar-refractivity contribution >= 4 is 23.6 Å². The molecule has 1 aliphatic rings. The predicted octanol–water partition coefficient (Wildman–Crippen LogP) is 2.28. The summed E-state index contributed by atoms with van der Waals surface area (Å²) >= 11 is 1.33. The highest BCUT2D eigenvalue weighted by molar-refractivity contribution is 7.99. The van der Waals surface area contributed by atoms with Gasteiger partial charge < -0.3 is 15.0 Å². The standard InChI is InChI=1S/C18H22N4O3S/c1-12(9-16(24)25)19-15(23)11-26-18-21-20-17(14-7-8-14)22(18)10-13-5-3-2-4-6-13/h2-6,12,14H,7-11H2,1H3,(H,19,23)(H,24,25). The van der Waals surface area contributed by atoms with Gasteiger partial charge in [0.05, 0.1) is 18.7 Å². The summed E-state index contributed by atoms with van der Waals surface area (Å²) in [6.45, 7) is 2.36. The topological polar surface area (TPSA) is 97.1 Å². The van der Waals surface area contributed by atoms with E-state index in [-0.39, 0.29) is 18.1 Å². The number of carboxylic acid groups (broad SMARTS) is 1. The van der Waals surface area contributed by atoms with Crippen molar-refractivity contribution in [2.24, 2.45) is 0 Å². The maximum absolute atomic E-state index is 12.0. The Morgan fingerprint density at radius 2 is 2.04 bits per heavy atom. The van der Waals surface area contributed by atoms with Gasteiger partial charge in [-0.2, -0.15) is 0 Å². The van der Waals surface area contributed by atoms with Gasteiger partial charge in [0.1, 0.15) is 5.82 Å². The van der Waals surface area contributed by atoms with E-state index in [0.717, 1.165) is 29.4 Å². The number of carboxylic acids is 1. The second-order valence-electron chi connectivity index (χ2n) is 6.54. The molecule has 0 radical (unpaired) electrons. The first-order valence-electron chi connectivity index (χ1n) is 8.64. The minimum Gasteiger partial charge on any atom is -0.481 e. The molecule has 8 heteroatoms. The highest BCUT2D eigenvalue weighted by Crippen LogP contribution is 2.40. The number of hydrogen-bond donors (Lipinski definition) is 2. The third kappa shape index (κ3) is 5.08. The molecule has 138 valence electrons. The van der Waals surface area contributed by atoms with Crippen molar-refractivity contribution in [3.63, 3.8) is 0 Å². The molecule has 3 rings (SSSR count). The predicted molar refractivity (Wildman–Crippen MR) is 98.1 cm³/mol. The summed E-state index contributed by atoms with van der Waals surface area (Å²) in [4.78, 5) is 22.7. The van der Waals surface area contributed by atoms with Gasteiger partial charge in [-0.25, -0.2) is 0 Å². The number of carbonyl (C=O) groups excluding carboxylic acids is 1. The summed E-state index contributed by atoms with van der Waals surface area (Å²) in [5, 5.41) is 20.8. The summed E-state index contributed by atoms with van der Waals surface area (Å²) in [5.74, 6) is 0.496. The molecule has 1 amide bonds. The highest BCUT2D eigenvalue weighted by atomic mass is 32.2. The number of aromatic nitrogens is 3. The van der Waals surface area contributed by atoms with E-state index in [0.29, 0.717) is 12.5 Å². The van der Waals surface area contributed by atoms with Crippen molar-refractivity contribution in [3.8, 4) is 0 Å². The summed E-state index contributed by atoms with van der Waals surface area (Å²) in [6.07, 6.45) is 2.17. The Kier molecular flexibility index (Phi) is 5.92. The van der Waals surface area contributed by atoms with E-state index < -0.39 is 12.0 Å². The lowest BCUT2D eigenvalue weighted by Gasteiger charge is -2.12. The van der Waals surface area contributed by atoms with Gasteiger partial charge in [-0.15, -0.1) is 10.2 Å². The Morgan fingerprint density at radius 3 is 2.69 bits per heavy atom. The summed E-state index contributed by atoms with van der Waals surface area (Å²) < 4.78 is 2.09. The van der Waals surface area contributed by atoms with Crippen LogP contribution in [0.5, 0.6) is 0 Å². The van der Waals surface area contributed by atoms with Crippen LogP contribution in [0.25, 0.3) is 0 Å². The van der Waals surface area contributed by atoms with Crippen molar-refractivity contribution in [2.45, 2.75) is 49.8 Å². The van der Waals surface area contributed by atoms with Gasteiger partial charge in [0.15, 0.2) is 5.16 Å². The normalized spacial score (nSPS) is 14.8. The van der Waals surface area contributed by atoms with Crippen LogP contribution in [0.1, 0.15) is 43.5 Å². The first-order chi connectivity index (χ1) is 12.5. The van der Waals surface area contributed by atoms with Crippen LogP contribution in [-0.4, -0.2) is 43.5 Å². The van der Waals surface area contributed by atoms with Crippen molar-refractivity contribution in [1.82, 2.24) is 20.1 Å². The summed E-state index contributed by atoms with van der Waals surface area (Å²) in [6, 6.07) is 9.71.